The number of fused-ring (bicyclic) bond motifs is 1. The maximum absolute atomic E-state index is 12.6. The summed E-state index contributed by atoms with van der Waals surface area (Å²) in [7, 11) is 0. The zero-order valence-electron chi connectivity index (χ0n) is 11.5. The first-order valence-electron chi connectivity index (χ1n) is 6.66. The molecule has 0 saturated carbocycles. The maximum Gasteiger partial charge on any atom is 0.232 e. The standard InChI is InChI=1S/C15H22N2O/c1-4-15(2,3)14(18)17-10-6-7-11-12(16)8-5-9-13(11)17/h5,8-9H,4,6-7,10,16H2,1-3H3. The smallest absolute Gasteiger partial charge is 0.232 e. The van der Waals surface area contributed by atoms with Crippen LogP contribution in [-0.4, -0.2) is 12.5 Å². The predicted octanol–water partition coefficient (Wildman–Crippen LogP) is 2.98. The molecule has 1 aromatic carbocycles. The summed E-state index contributed by atoms with van der Waals surface area (Å²) in [5, 5.41) is 0. The van der Waals surface area contributed by atoms with Crippen LogP contribution >= 0.6 is 0 Å². The number of anilines is 2. The highest BCUT2D eigenvalue weighted by molar-refractivity contribution is 5.98. The number of amides is 1. The molecule has 0 unspecified atom stereocenters. The highest BCUT2D eigenvalue weighted by Crippen LogP contribution is 2.34. The van der Waals surface area contributed by atoms with Crippen LogP contribution in [0.15, 0.2) is 18.2 Å². The molecule has 1 heterocycles. The molecule has 98 valence electrons. The number of benzene rings is 1. The van der Waals surface area contributed by atoms with E-state index in [-0.39, 0.29) is 11.3 Å². The van der Waals surface area contributed by atoms with E-state index in [0.29, 0.717) is 0 Å². The van der Waals surface area contributed by atoms with Crippen molar-refractivity contribution >= 4 is 17.3 Å². The highest BCUT2D eigenvalue weighted by Gasteiger charge is 2.33. The van der Waals surface area contributed by atoms with Crippen LogP contribution < -0.4 is 10.6 Å². The van der Waals surface area contributed by atoms with Crippen LogP contribution in [0.3, 0.4) is 0 Å². The van der Waals surface area contributed by atoms with E-state index in [1.54, 1.807) is 0 Å². The number of nitrogens with zero attached hydrogens (tertiary/aromatic N) is 1. The normalized spacial score (nSPS) is 15.4. The minimum absolute atomic E-state index is 0.205. The second-order valence-electron chi connectivity index (χ2n) is 5.64. The van der Waals surface area contributed by atoms with Crippen LogP contribution in [-0.2, 0) is 11.2 Å². The quantitative estimate of drug-likeness (QED) is 0.815. The summed E-state index contributed by atoms with van der Waals surface area (Å²) >= 11 is 0. The number of hydrogen-bond acceptors (Lipinski definition) is 2. The summed E-state index contributed by atoms with van der Waals surface area (Å²) in [6.07, 6.45) is 2.81. The van der Waals surface area contributed by atoms with Gasteiger partial charge < -0.3 is 10.6 Å². The first-order chi connectivity index (χ1) is 8.47. The molecule has 0 aromatic heterocycles. The largest absolute Gasteiger partial charge is 0.398 e. The molecule has 0 spiro atoms. The van der Waals surface area contributed by atoms with Gasteiger partial charge in [-0.05, 0) is 37.0 Å². The Morgan fingerprint density at radius 1 is 1.44 bits per heavy atom. The fourth-order valence-corrected chi connectivity index (χ4v) is 2.38. The van der Waals surface area contributed by atoms with Gasteiger partial charge in [-0.25, -0.2) is 0 Å². The predicted molar refractivity (Wildman–Crippen MR) is 75.6 cm³/mol. The summed E-state index contributed by atoms with van der Waals surface area (Å²) in [5.74, 6) is 0.205. The van der Waals surface area contributed by atoms with Gasteiger partial charge in [0.25, 0.3) is 0 Å². The fourth-order valence-electron chi connectivity index (χ4n) is 2.38. The molecule has 18 heavy (non-hydrogen) atoms. The average Bonchev–Trinajstić information content (AvgIpc) is 2.38. The molecule has 1 aliphatic heterocycles. The molecule has 2 rings (SSSR count). The van der Waals surface area contributed by atoms with Crippen molar-refractivity contribution in [1.82, 2.24) is 0 Å². The topological polar surface area (TPSA) is 46.3 Å². The Balaban J connectivity index is 2.39. The molecule has 3 nitrogen and oxygen atoms in total. The molecule has 0 aliphatic carbocycles. The minimum Gasteiger partial charge on any atom is -0.398 e. The van der Waals surface area contributed by atoms with Crippen LogP contribution in [0.25, 0.3) is 0 Å². The van der Waals surface area contributed by atoms with Gasteiger partial charge in [0.15, 0.2) is 0 Å². The molecule has 0 saturated heterocycles. The highest BCUT2D eigenvalue weighted by atomic mass is 16.2. The molecule has 0 bridgehead atoms. The van der Waals surface area contributed by atoms with E-state index in [2.05, 4.69) is 6.92 Å². The molecule has 0 atom stereocenters. The molecular weight excluding hydrogens is 224 g/mol. The summed E-state index contributed by atoms with van der Waals surface area (Å²) < 4.78 is 0. The number of hydrogen-bond donors (Lipinski definition) is 1. The van der Waals surface area contributed by atoms with Gasteiger partial charge >= 0.3 is 0 Å². The molecule has 2 N–H and O–H groups in total. The van der Waals surface area contributed by atoms with Crippen molar-refractivity contribution in [3.63, 3.8) is 0 Å². The van der Waals surface area contributed by atoms with E-state index in [1.807, 2.05) is 36.9 Å². The van der Waals surface area contributed by atoms with Crippen LogP contribution in [0.4, 0.5) is 11.4 Å². The van der Waals surface area contributed by atoms with Crippen molar-refractivity contribution in [3.8, 4) is 0 Å². The van der Waals surface area contributed by atoms with Gasteiger partial charge in [-0.2, -0.15) is 0 Å². The van der Waals surface area contributed by atoms with Gasteiger partial charge in [0, 0.05) is 23.3 Å². The number of carbonyl (C=O) groups excluding carboxylic acids is 1. The van der Waals surface area contributed by atoms with Crippen molar-refractivity contribution in [2.24, 2.45) is 5.41 Å². The number of nitrogen functional groups attached to an aromatic ring is 1. The fraction of sp³-hybridized carbons (Fsp3) is 0.533. The van der Waals surface area contributed by atoms with Gasteiger partial charge in [0.05, 0.1) is 0 Å². The van der Waals surface area contributed by atoms with Gasteiger partial charge in [0.1, 0.15) is 0 Å². The Morgan fingerprint density at radius 3 is 2.83 bits per heavy atom. The molecule has 1 aromatic rings. The van der Waals surface area contributed by atoms with Crippen molar-refractivity contribution in [2.75, 3.05) is 17.2 Å². The molecule has 1 amide bonds. The van der Waals surface area contributed by atoms with Crippen molar-refractivity contribution in [3.05, 3.63) is 23.8 Å². The molecule has 1 aliphatic rings. The monoisotopic (exact) mass is 246 g/mol. The Kier molecular flexibility index (Phi) is 3.33. The lowest BCUT2D eigenvalue weighted by Gasteiger charge is -2.35. The van der Waals surface area contributed by atoms with E-state index in [4.69, 9.17) is 5.73 Å². The van der Waals surface area contributed by atoms with E-state index < -0.39 is 0 Å². The van der Waals surface area contributed by atoms with Crippen molar-refractivity contribution in [1.29, 1.82) is 0 Å². The lowest BCUT2D eigenvalue weighted by atomic mass is 9.87. The summed E-state index contributed by atoms with van der Waals surface area (Å²) in [6.45, 7) is 6.88. The zero-order valence-corrected chi connectivity index (χ0v) is 11.5. The Hall–Kier alpha value is -1.51. The van der Waals surface area contributed by atoms with E-state index in [9.17, 15) is 4.79 Å². The van der Waals surface area contributed by atoms with Crippen LogP contribution in [0.1, 0.15) is 39.2 Å². The summed E-state index contributed by atoms with van der Waals surface area (Å²) in [6, 6.07) is 5.85. The first kappa shape index (κ1) is 12.9. The van der Waals surface area contributed by atoms with Gasteiger partial charge in [0.2, 0.25) is 5.91 Å². The first-order valence-corrected chi connectivity index (χ1v) is 6.66. The van der Waals surface area contributed by atoms with Gasteiger partial charge in [-0.3, -0.25) is 4.79 Å². The van der Waals surface area contributed by atoms with Crippen LogP contribution in [0, 0.1) is 5.41 Å². The third kappa shape index (κ3) is 2.09. The molecule has 3 heteroatoms. The second-order valence-corrected chi connectivity index (χ2v) is 5.64. The summed E-state index contributed by atoms with van der Waals surface area (Å²) in [4.78, 5) is 14.5. The number of rotatable bonds is 2. The zero-order chi connectivity index (χ0) is 13.3. The lowest BCUT2D eigenvalue weighted by Crippen LogP contribution is -2.43. The maximum atomic E-state index is 12.6. The Bertz CT molecular complexity index is 466. The molecule has 0 radical (unpaired) electrons. The molecular formula is C15H22N2O. The van der Waals surface area contributed by atoms with E-state index in [1.165, 1.54) is 0 Å². The van der Waals surface area contributed by atoms with Gasteiger partial charge in [-0.1, -0.05) is 26.8 Å². The van der Waals surface area contributed by atoms with Crippen LogP contribution in [0.5, 0.6) is 0 Å². The van der Waals surface area contributed by atoms with Gasteiger partial charge in [-0.15, -0.1) is 0 Å². The van der Waals surface area contributed by atoms with Crippen molar-refractivity contribution < 1.29 is 4.79 Å². The summed E-state index contributed by atoms with van der Waals surface area (Å²) in [5.41, 5.74) is 8.64. The average molecular weight is 246 g/mol. The van der Waals surface area contributed by atoms with Crippen LogP contribution in [0.2, 0.25) is 0 Å². The third-order valence-electron chi connectivity index (χ3n) is 3.99. The van der Waals surface area contributed by atoms with Crippen molar-refractivity contribution in [2.45, 2.75) is 40.0 Å². The molecule has 0 fully saturated rings. The Morgan fingerprint density at radius 2 is 2.17 bits per heavy atom. The second kappa shape index (κ2) is 4.63. The number of nitrogens with two attached hydrogens (primary N) is 1. The van der Waals surface area contributed by atoms with E-state index >= 15 is 0 Å². The minimum atomic E-state index is -0.306. The SMILES string of the molecule is CCC(C)(C)C(=O)N1CCCc2c(N)cccc21. The Labute approximate surface area is 109 Å². The third-order valence-corrected chi connectivity index (χ3v) is 3.99. The van der Waals surface area contributed by atoms with E-state index in [0.717, 1.165) is 42.7 Å². The number of carbonyl (C=O) groups is 1. The lowest BCUT2D eigenvalue weighted by molar-refractivity contribution is -0.126.